The molecule has 1 aromatic carbocycles. The van der Waals surface area contributed by atoms with E-state index in [0.717, 1.165) is 6.54 Å². The van der Waals surface area contributed by atoms with Crippen LogP contribution in [0.4, 0.5) is 8.78 Å². The van der Waals surface area contributed by atoms with Gasteiger partial charge in [-0.15, -0.1) is 0 Å². The Morgan fingerprint density at radius 2 is 1.83 bits per heavy atom. The van der Waals surface area contributed by atoms with Gasteiger partial charge in [0.2, 0.25) is 0 Å². The normalized spacial score (nSPS) is 11.0. The van der Waals surface area contributed by atoms with Gasteiger partial charge in [-0.2, -0.15) is 0 Å². The van der Waals surface area contributed by atoms with E-state index in [-0.39, 0.29) is 6.79 Å². The molecule has 0 aliphatic carbocycles. The van der Waals surface area contributed by atoms with Crippen molar-refractivity contribution in [3.8, 4) is 5.75 Å². The molecule has 102 valence electrons. The first kappa shape index (κ1) is 14.9. The van der Waals surface area contributed by atoms with Gasteiger partial charge in [-0.1, -0.05) is 13.8 Å². The van der Waals surface area contributed by atoms with Crippen LogP contribution in [-0.4, -0.2) is 20.4 Å². The quantitative estimate of drug-likeness (QED) is 0.764. The Morgan fingerprint density at radius 1 is 1.22 bits per heavy atom. The number of hydrogen-bond donors (Lipinski definition) is 1. The number of nitrogens with one attached hydrogen (secondary N) is 1. The van der Waals surface area contributed by atoms with Crippen LogP contribution in [0.5, 0.6) is 5.75 Å². The third-order valence-corrected chi connectivity index (χ3v) is 2.26. The average molecular weight is 259 g/mol. The van der Waals surface area contributed by atoms with Gasteiger partial charge in [0.1, 0.15) is 0 Å². The first-order valence-corrected chi connectivity index (χ1v) is 5.85. The highest BCUT2D eigenvalue weighted by molar-refractivity contribution is 5.31. The Bertz CT molecular complexity index is 360. The summed E-state index contributed by atoms with van der Waals surface area (Å²) in [6.45, 7) is 5.17. The number of rotatable bonds is 7. The molecule has 0 aromatic heterocycles. The molecule has 0 aliphatic rings. The molecule has 0 heterocycles. The molecule has 1 aromatic rings. The van der Waals surface area contributed by atoms with Crippen molar-refractivity contribution in [1.29, 1.82) is 0 Å². The average Bonchev–Trinajstić information content (AvgIpc) is 2.27. The molecule has 0 atom stereocenters. The van der Waals surface area contributed by atoms with Crippen molar-refractivity contribution in [2.75, 3.05) is 20.4 Å². The van der Waals surface area contributed by atoms with E-state index in [4.69, 9.17) is 4.74 Å². The highest BCUT2D eigenvalue weighted by Crippen LogP contribution is 2.23. The molecule has 0 fully saturated rings. The summed E-state index contributed by atoms with van der Waals surface area (Å²) in [5.74, 6) is -1.34. The zero-order valence-corrected chi connectivity index (χ0v) is 10.9. The largest absolute Gasteiger partial charge is 0.461 e. The summed E-state index contributed by atoms with van der Waals surface area (Å²) in [7, 11) is 1.39. The predicted molar refractivity (Wildman–Crippen MR) is 65.4 cm³/mol. The minimum atomic E-state index is -0.714. The second-order valence-electron chi connectivity index (χ2n) is 4.46. The second-order valence-corrected chi connectivity index (χ2v) is 4.46. The number of halogens is 2. The third kappa shape index (κ3) is 4.58. The van der Waals surface area contributed by atoms with E-state index in [2.05, 4.69) is 23.9 Å². The van der Waals surface area contributed by atoms with Crippen molar-refractivity contribution in [1.82, 2.24) is 5.32 Å². The van der Waals surface area contributed by atoms with Crippen molar-refractivity contribution >= 4 is 0 Å². The van der Waals surface area contributed by atoms with Gasteiger partial charge < -0.3 is 14.8 Å². The van der Waals surface area contributed by atoms with Crippen LogP contribution in [-0.2, 0) is 11.3 Å². The summed E-state index contributed by atoms with van der Waals surface area (Å²) in [4.78, 5) is 0. The summed E-state index contributed by atoms with van der Waals surface area (Å²) in [5, 5.41) is 3.12. The first-order chi connectivity index (χ1) is 8.54. The summed E-state index contributed by atoms with van der Waals surface area (Å²) < 4.78 is 36.6. The van der Waals surface area contributed by atoms with Gasteiger partial charge in [0.25, 0.3) is 0 Å². The van der Waals surface area contributed by atoms with Crippen molar-refractivity contribution in [2.45, 2.75) is 20.4 Å². The number of hydrogen-bond acceptors (Lipinski definition) is 3. The van der Waals surface area contributed by atoms with Gasteiger partial charge in [0.15, 0.2) is 24.2 Å². The van der Waals surface area contributed by atoms with Crippen LogP contribution in [0.1, 0.15) is 19.4 Å². The van der Waals surface area contributed by atoms with Crippen molar-refractivity contribution in [3.05, 3.63) is 29.3 Å². The highest BCUT2D eigenvalue weighted by atomic mass is 19.1. The molecule has 0 aliphatic heterocycles. The standard InChI is InChI=1S/C13H19F2NO2/c1-9(2)6-16-7-10-4-11(14)13(12(15)5-10)18-8-17-3/h4-5,9,16H,6-8H2,1-3H3. The fraction of sp³-hybridized carbons (Fsp3) is 0.538. The van der Waals surface area contributed by atoms with Crippen LogP contribution in [0.2, 0.25) is 0 Å². The van der Waals surface area contributed by atoms with E-state index in [9.17, 15) is 8.78 Å². The smallest absolute Gasteiger partial charge is 0.193 e. The second kappa shape index (κ2) is 7.28. The van der Waals surface area contributed by atoms with Crippen LogP contribution >= 0.6 is 0 Å². The molecule has 0 spiro atoms. The van der Waals surface area contributed by atoms with E-state index in [1.54, 1.807) is 0 Å². The van der Waals surface area contributed by atoms with Gasteiger partial charge in [0.05, 0.1) is 0 Å². The topological polar surface area (TPSA) is 30.5 Å². The molecule has 0 saturated heterocycles. The summed E-state index contributed by atoms with van der Waals surface area (Å²) in [5.41, 5.74) is 0.551. The van der Waals surface area contributed by atoms with Crippen LogP contribution in [0.3, 0.4) is 0 Å². The predicted octanol–water partition coefficient (Wildman–Crippen LogP) is 2.69. The van der Waals surface area contributed by atoms with Crippen LogP contribution in [0, 0.1) is 17.6 Å². The van der Waals surface area contributed by atoms with Gasteiger partial charge in [0, 0.05) is 13.7 Å². The van der Waals surface area contributed by atoms with Gasteiger partial charge >= 0.3 is 0 Å². The van der Waals surface area contributed by atoms with E-state index in [1.807, 2.05) is 0 Å². The third-order valence-electron chi connectivity index (χ3n) is 2.26. The lowest BCUT2D eigenvalue weighted by molar-refractivity contribution is 0.0452. The first-order valence-electron chi connectivity index (χ1n) is 5.85. The molecule has 0 radical (unpaired) electrons. The van der Waals surface area contributed by atoms with E-state index in [0.29, 0.717) is 18.0 Å². The van der Waals surface area contributed by atoms with Crippen molar-refractivity contribution < 1.29 is 18.3 Å². The maximum Gasteiger partial charge on any atom is 0.193 e. The molecular weight excluding hydrogens is 240 g/mol. The Balaban J connectivity index is 2.67. The fourth-order valence-corrected chi connectivity index (χ4v) is 1.48. The lowest BCUT2D eigenvalue weighted by Gasteiger charge is -2.11. The highest BCUT2D eigenvalue weighted by Gasteiger charge is 2.12. The summed E-state index contributed by atoms with van der Waals surface area (Å²) in [6, 6.07) is 2.53. The minimum Gasteiger partial charge on any atom is -0.461 e. The van der Waals surface area contributed by atoms with Gasteiger partial charge in [-0.25, -0.2) is 8.78 Å². The van der Waals surface area contributed by atoms with Crippen LogP contribution in [0.25, 0.3) is 0 Å². The Kier molecular flexibility index (Phi) is 6.01. The lowest BCUT2D eigenvalue weighted by Crippen LogP contribution is -2.19. The monoisotopic (exact) mass is 259 g/mol. The molecule has 1 N–H and O–H groups in total. The minimum absolute atomic E-state index is 0.182. The zero-order chi connectivity index (χ0) is 13.5. The number of methoxy groups -OCH3 is 1. The van der Waals surface area contributed by atoms with Gasteiger partial charge in [-0.3, -0.25) is 0 Å². The Morgan fingerprint density at radius 3 is 2.33 bits per heavy atom. The van der Waals surface area contributed by atoms with Crippen LogP contribution in [0.15, 0.2) is 12.1 Å². The van der Waals surface area contributed by atoms with Gasteiger partial charge in [-0.05, 0) is 30.2 Å². The molecule has 0 saturated carbocycles. The maximum atomic E-state index is 13.6. The fourth-order valence-electron chi connectivity index (χ4n) is 1.48. The SMILES string of the molecule is COCOc1c(F)cc(CNCC(C)C)cc1F. The number of benzene rings is 1. The lowest BCUT2D eigenvalue weighted by atomic mass is 10.2. The molecule has 18 heavy (non-hydrogen) atoms. The molecule has 0 amide bonds. The molecule has 0 bridgehead atoms. The number of ether oxygens (including phenoxy) is 2. The maximum absolute atomic E-state index is 13.6. The molecule has 0 unspecified atom stereocenters. The summed E-state index contributed by atoms with van der Waals surface area (Å²) >= 11 is 0. The van der Waals surface area contributed by atoms with E-state index < -0.39 is 17.4 Å². The summed E-state index contributed by atoms with van der Waals surface area (Å²) in [6.07, 6.45) is 0. The van der Waals surface area contributed by atoms with Crippen LogP contribution < -0.4 is 10.1 Å². The molecular formula is C13H19F2NO2. The molecule has 1 rings (SSSR count). The van der Waals surface area contributed by atoms with E-state index in [1.165, 1.54) is 19.2 Å². The Hall–Kier alpha value is -1.20. The molecule has 5 heteroatoms. The van der Waals surface area contributed by atoms with Crippen molar-refractivity contribution in [3.63, 3.8) is 0 Å². The van der Waals surface area contributed by atoms with E-state index >= 15 is 0 Å². The zero-order valence-electron chi connectivity index (χ0n) is 10.9. The van der Waals surface area contributed by atoms with Crippen molar-refractivity contribution in [2.24, 2.45) is 5.92 Å². The molecule has 3 nitrogen and oxygen atoms in total. The Labute approximate surface area is 106 Å².